The third-order valence-electron chi connectivity index (χ3n) is 4.38. The van der Waals surface area contributed by atoms with Gasteiger partial charge >= 0.3 is 0 Å². The van der Waals surface area contributed by atoms with Gasteiger partial charge in [-0.05, 0) is 35.7 Å². The Morgan fingerprint density at radius 1 is 1.15 bits per heavy atom. The van der Waals surface area contributed by atoms with Crippen LogP contribution in [0.3, 0.4) is 0 Å². The molecule has 3 N–H and O–H groups in total. The number of hydrogen-bond donors (Lipinski definition) is 3. The first-order valence-corrected chi connectivity index (χ1v) is 8.53. The lowest BCUT2D eigenvalue weighted by atomic mass is 10.0. The maximum atomic E-state index is 13.7. The zero-order valence-electron chi connectivity index (χ0n) is 14.4. The number of fused-ring (bicyclic) bond motifs is 1. The van der Waals surface area contributed by atoms with E-state index < -0.39 is 30.8 Å². The van der Waals surface area contributed by atoms with Crippen molar-refractivity contribution in [2.24, 2.45) is 0 Å². The van der Waals surface area contributed by atoms with Crippen LogP contribution in [-0.2, 0) is 11.2 Å². The zero-order chi connectivity index (χ0) is 19.4. The van der Waals surface area contributed by atoms with Gasteiger partial charge in [-0.25, -0.2) is 13.2 Å². The quantitative estimate of drug-likeness (QED) is 0.589. The summed E-state index contributed by atoms with van der Waals surface area (Å²) in [7, 11) is 0. The molecule has 3 aromatic rings. The number of carbonyl (C=O) groups excluding carboxylic acids is 1. The van der Waals surface area contributed by atoms with E-state index in [1.165, 1.54) is 12.1 Å². The zero-order valence-corrected chi connectivity index (χ0v) is 14.4. The maximum Gasteiger partial charge on any atom is 0.260 e. The number of rotatable bonds is 7. The molecule has 0 spiro atoms. The number of aliphatic hydroxyl groups excluding tert-OH is 1. The van der Waals surface area contributed by atoms with E-state index in [0.29, 0.717) is 5.39 Å². The molecule has 4 nitrogen and oxygen atoms in total. The first kappa shape index (κ1) is 19.0. The molecule has 0 bridgehead atoms. The van der Waals surface area contributed by atoms with E-state index >= 15 is 0 Å². The highest BCUT2D eigenvalue weighted by molar-refractivity contribution is 5.91. The van der Waals surface area contributed by atoms with Crippen LogP contribution in [0.2, 0.25) is 0 Å². The Morgan fingerprint density at radius 2 is 1.89 bits per heavy atom. The summed E-state index contributed by atoms with van der Waals surface area (Å²) >= 11 is 0. The number of amides is 1. The molecule has 0 aliphatic carbocycles. The number of aliphatic hydroxyl groups is 1. The van der Waals surface area contributed by atoms with Crippen LogP contribution in [0.5, 0.6) is 0 Å². The minimum absolute atomic E-state index is 0.0630. The number of nitrogens with one attached hydrogen (secondary N) is 2. The van der Waals surface area contributed by atoms with Crippen LogP contribution >= 0.6 is 0 Å². The van der Waals surface area contributed by atoms with Crippen molar-refractivity contribution in [2.45, 2.75) is 25.3 Å². The second-order valence-corrected chi connectivity index (χ2v) is 6.23. The van der Waals surface area contributed by atoms with Crippen LogP contribution in [0.15, 0.2) is 48.5 Å². The summed E-state index contributed by atoms with van der Waals surface area (Å²) in [5.41, 5.74) is 3.11. The molecule has 3 rings (SSSR count). The Kier molecular flexibility index (Phi) is 5.81. The predicted octanol–water partition coefficient (Wildman–Crippen LogP) is 3.65. The number of halogens is 3. The minimum atomic E-state index is -2.85. The number of hydrogen-bond acceptors (Lipinski definition) is 2. The minimum Gasteiger partial charge on any atom is -0.394 e. The fraction of sp³-hybridized carbons (Fsp3) is 0.250. The van der Waals surface area contributed by atoms with Crippen molar-refractivity contribution in [3.8, 4) is 11.3 Å². The Hall–Kier alpha value is -2.80. The Balaban J connectivity index is 1.88. The number of H-pyrrole nitrogens is 1. The molecule has 2 aromatic carbocycles. The van der Waals surface area contributed by atoms with Crippen molar-refractivity contribution in [2.75, 3.05) is 6.61 Å². The molecule has 0 aliphatic heterocycles. The van der Waals surface area contributed by atoms with Gasteiger partial charge in [0.05, 0.1) is 6.61 Å². The van der Waals surface area contributed by atoms with E-state index in [0.717, 1.165) is 22.3 Å². The summed E-state index contributed by atoms with van der Waals surface area (Å²) in [6.45, 7) is -0.836. The standard InChI is InChI=1S/C20H19F3N2O2/c21-13-6-8-16-15(10-13)14(19(25-16)12-4-2-1-3-5-12)7-9-18(27)24-17(11-26)20(22)23/h1-6,8,10,17,20,25-26H,7,9,11H2,(H,24,27)/t17-/m0/s1. The molecule has 0 unspecified atom stereocenters. The normalized spacial score (nSPS) is 12.5. The number of alkyl halides is 2. The molecule has 1 atom stereocenters. The molecule has 0 saturated heterocycles. The van der Waals surface area contributed by atoms with E-state index in [9.17, 15) is 18.0 Å². The summed E-state index contributed by atoms with van der Waals surface area (Å²) in [4.78, 5) is 15.3. The highest BCUT2D eigenvalue weighted by Crippen LogP contribution is 2.31. The van der Waals surface area contributed by atoms with Gasteiger partial charge in [0.1, 0.15) is 11.9 Å². The maximum absolute atomic E-state index is 13.7. The van der Waals surface area contributed by atoms with E-state index in [1.807, 2.05) is 30.3 Å². The smallest absolute Gasteiger partial charge is 0.260 e. The van der Waals surface area contributed by atoms with Gasteiger partial charge in [-0.2, -0.15) is 0 Å². The lowest BCUT2D eigenvalue weighted by molar-refractivity contribution is -0.123. The number of carbonyl (C=O) groups is 1. The van der Waals surface area contributed by atoms with E-state index in [1.54, 1.807) is 6.07 Å². The molecule has 0 aliphatic rings. The van der Waals surface area contributed by atoms with E-state index in [2.05, 4.69) is 10.3 Å². The van der Waals surface area contributed by atoms with Crippen molar-refractivity contribution >= 4 is 16.8 Å². The molecule has 1 aromatic heterocycles. The molecule has 1 amide bonds. The van der Waals surface area contributed by atoms with Crippen LogP contribution in [0, 0.1) is 5.82 Å². The topological polar surface area (TPSA) is 65.1 Å². The van der Waals surface area contributed by atoms with E-state index in [4.69, 9.17) is 5.11 Å². The highest BCUT2D eigenvalue weighted by atomic mass is 19.3. The third kappa shape index (κ3) is 4.31. The molecule has 27 heavy (non-hydrogen) atoms. The lowest BCUT2D eigenvalue weighted by Crippen LogP contribution is -2.42. The number of aromatic nitrogens is 1. The summed E-state index contributed by atoms with van der Waals surface area (Å²) in [6, 6.07) is 12.2. The molecule has 0 fully saturated rings. The predicted molar refractivity (Wildman–Crippen MR) is 97.0 cm³/mol. The fourth-order valence-corrected chi connectivity index (χ4v) is 3.04. The average Bonchev–Trinajstić information content (AvgIpc) is 3.02. The second kappa shape index (κ2) is 8.26. The van der Waals surface area contributed by atoms with Gasteiger partial charge in [0.25, 0.3) is 6.43 Å². The first-order valence-electron chi connectivity index (χ1n) is 8.53. The number of aromatic amines is 1. The van der Waals surface area contributed by atoms with Crippen molar-refractivity contribution in [3.63, 3.8) is 0 Å². The van der Waals surface area contributed by atoms with Crippen molar-refractivity contribution in [1.82, 2.24) is 10.3 Å². The van der Waals surface area contributed by atoms with Gasteiger partial charge in [-0.3, -0.25) is 4.79 Å². The number of benzene rings is 2. The fourth-order valence-electron chi connectivity index (χ4n) is 3.04. The molecular weight excluding hydrogens is 357 g/mol. The van der Waals surface area contributed by atoms with Gasteiger partial charge in [-0.15, -0.1) is 0 Å². The van der Waals surface area contributed by atoms with Crippen molar-refractivity contribution in [1.29, 1.82) is 0 Å². The average molecular weight is 376 g/mol. The number of aryl methyl sites for hydroxylation is 1. The summed E-state index contributed by atoms with van der Waals surface area (Å²) in [6.07, 6.45) is -2.67. The van der Waals surface area contributed by atoms with Crippen LogP contribution in [0.4, 0.5) is 13.2 Å². The lowest BCUT2D eigenvalue weighted by Gasteiger charge is -2.15. The van der Waals surface area contributed by atoms with Crippen LogP contribution in [0.25, 0.3) is 22.2 Å². The van der Waals surface area contributed by atoms with Gasteiger partial charge in [0, 0.05) is 23.0 Å². The van der Waals surface area contributed by atoms with Gasteiger partial charge in [0.2, 0.25) is 5.91 Å². The Labute approximate surface area is 154 Å². The van der Waals surface area contributed by atoms with Crippen LogP contribution in [-0.4, -0.2) is 35.1 Å². The van der Waals surface area contributed by atoms with Crippen LogP contribution in [0.1, 0.15) is 12.0 Å². The SMILES string of the molecule is O=C(CCc1c(-c2ccccc2)[nH]c2ccc(F)cc12)N[C@@H](CO)C(F)F. The van der Waals surface area contributed by atoms with E-state index in [-0.39, 0.29) is 12.8 Å². The first-order chi connectivity index (χ1) is 13.0. The Morgan fingerprint density at radius 3 is 2.56 bits per heavy atom. The molecule has 0 saturated carbocycles. The van der Waals surface area contributed by atoms with Gasteiger partial charge in [-0.1, -0.05) is 30.3 Å². The second-order valence-electron chi connectivity index (χ2n) is 6.23. The highest BCUT2D eigenvalue weighted by Gasteiger charge is 2.22. The van der Waals surface area contributed by atoms with Crippen molar-refractivity contribution < 1.29 is 23.1 Å². The molecule has 1 heterocycles. The monoisotopic (exact) mass is 376 g/mol. The van der Waals surface area contributed by atoms with Gasteiger partial charge < -0.3 is 15.4 Å². The Bertz CT molecular complexity index is 926. The molecule has 142 valence electrons. The molecule has 0 radical (unpaired) electrons. The summed E-state index contributed by atoms with van der Waals surface area (Å²) < 4.78 is 39.1. The van der Waals surface area contributed by atoms with Crippen LogP contribution < -0.4 is 5.32 Å². The largest absolute Gasteiger partial charge is 0.394 e. The summed E-state index contributed by atoms with van der Waals surface area (Å²) in [5.74, 6) is -0.996. The summed E-state index contributed by atoms with van der Waals surface area (Å²) in [5, 5.41) is 11.7. The van der Waals surface area contributed by atoms with Gasteiger partial charge in [0.15, 0.2) is 0 Å². The van der Waals surface area contributed by atoms with Crippen molar-refractivity contribution in [3.05, 3.63) is 59.9 Å². The molecule has 7 heteroatoms. The molecular formula is C20H19F3N2O2. The third-order valence-corrected chi connectivity index (χ3v) is 4.38.